The van der Waals surface area contributed by atoms with Crippen LogP contribution in [0.4, 0.5) is 13.2 Å². The van der Waals surface area contributed by atoms with E-state index >= 15 is 0 Å². The van der Waals surface area contributed by atoms with Crippen molar-refractivity contribution in [2.75, 3.05) is 0 Å². The van der Waals surface area contributed by atoms with Crippen LogP contribution in [0.25, 0.3) is 0 Å². The van der Waals surface area contributed by atoms with Crippen LogP contribution in [-0.4, -0.2) is 4.98 Å². The third-order valence-electron chi connectivity index (χ3n) is 2.50. The lowest BCUT2D eigenvalue weighted by Crippen LogP contribution is -2.04. The van der Waals surface area contributed by atoms with E-state index in [0.717, 1.165) is 12.1 Å². The average molecular weight is 288 g/mol. The zero-order valence-electron chi connectivity index (χ0n) is 9.83. The maximum absolute atomic E-state index is 12.4. The summed E-state index contributed by atoms with van der Waals surface area (Å²) in [4.78, 5) is 3.86. The molecular formula is C13H9ClF3NO. The zero-order chi connectivity index (χ0) is 14.0. The molecule has 2 nitrogen and oxygen atoms in total. The normalized spacial score (nSPS) is 11.4. The molecule has 0 saturated heterocycles. The molecule has 2 aromatic rings. The van der Waals surface area contributed by atoms with Gasteiger partial charge in [-0.25, -0.2) is 4.98 Å². The molecule has 0 unspecified atom stereocenters. The fourth-order valence-corrected chi connectivity index (χ4v) is 1.59. The lowest BCUT2D eigenvalue weighted by Gasteiger charge is -2.10. The first kappa shape index (κ1) is 13.7. The Morgan fingerprint density at radius 3 is 2.32 bits per heavy atom. The SMILES string of the molecule is Cc1c(Oc2ccc(C(F)(F)F)cc2)ccnc1Cl. The van der Waals surface area contributed by atoms with Crippen LogP contribution >= 0.6 is 11.6 Å². The van der Waals surface area contributed by atoms with Crippen LogP contribution < -0.4 is 4.74 Å². The maximum Gasteiger partial charge on any atom is 0.416 e. The van der Waals surface area contributed by atoms with Crippen LogP contribution in [0.1, 0.15) is 11.1 Å². The molecule has 1 heterocycles. The van der Waals surface area contributed by atoms with Crippen molar-refractivity contribution in [2.24, 2.45) is 0 Å². The lowest BCUT2D eigenvalue weighted by atomic mass is 10.2. The van der Waals surface area contributed by atoms with E-state index in [9.17, 15) is 13.2 Å². The van der Waals surface area contributed by atoms with Gasteiger partial charge in [0.05, 0.1) is 5.56 Å². The van der Waals surface area contributed by atoms with Gasteiger partial charge in [-0.05, 0) is 37.3 Å². The molecule has 6 heteroatoms. The minimum Gasteiger partial charge on any atom is -0.457 e. The van der Waals surface area contributed by atoms with Gasteiger partial charge in [0.2, 0.25) is 0 Å². The van der Waals surface area contributed by atoms with Gasteiger partial charge in [0.1, 0.15) is 16.7 Å². The molecule has 0 aliphatic carbocycles. The minimum absolute atomic E-state index is 0.296. The van der Waals surface area contributed by atoms with Crippen molar-refractivity contribution in [2.45, 2.75) is 13.1 Å². The standard InChI is InChI=1S/C13H9ClF3NO/c1-8-11(6-7-18-12(8)14)19-10-4-2-9(3-5-10)13(15,16)17/h2-7H,1H3. The smallest absolute Gasteiger partial charge is 0.416 e. The van der Waals surface area contributed by atoms with Gasteiger partial charge < -0.3 is 4.74 Å². The van der Waals surface area contributed by atoms with Crippen molar-refractivity contribution in [1.82, 2.24) is 4.98 Å². The maximum atomic E-state index is 12.4. The van der Waals surface area contributed by atoms with E-state index in [0.29, 0.717) is 22.2 Å². The molecule has 0 radical (unpaired) electrons. The Morgan fingerprint density at radius 1 is 1.11 bits per heavy atom. The summed E-state index contributed by atoms with van der Waals surface area (Å²) in [6.45, 7) is 1.72. The number of pyridine rings is 1. The molecule has 100 valence electrons. The van der Waals surface area contributed by atoms with Crippen molar-refractivity contribution in [3.8, 4) is 11.5 Å². The van der Waals surface area contributed by atoms with Crippen LogP contribution in [0.2, 0.25) is 5.15 Å². The van der Waals surface area contributed by atoms with Crippen molar-refractivity contribution < 1.29 is 17.9 Å². The molecule has 0 saturated carbocycles. The number of hydrogen-bond acceptors (Lipinski definition) is 2. The van der Waals surface area contributed by atoms with Crippen molar-refractivity contribution in [3.05, 3.63) is 52.8 Å². The number of nitrogens with zero attached hydrogens (tertiary/aromatic N) is 1. The second-order valence-corrected chi connectivity index (χ2v) is 4.21. The predicted octanol–water partition coefficient (Wildman–Crippen LogP) is 4.85. The summed E-state index contributed by atoms with van der Waals surface area (Å²) >= 11 is 5.83. The molecule has 2 rings (SSSR count). The highest BCUT2D eigenvalue weighted by molar-refractivity contribution is 6.30. The van der Waals surface area contributed by atoms with E-state index in [2.05, 4.69) is 4.98 Å². The summed E-state index contributed by atoms with van der Waals surface area (Å²) in [6, 6.07) is 6.05. The highest BCUT2D eigenvalue weighted by Crippen LogP contribution is 2.32. The van der Waals surface area contributed by atoms with Gasteiger partial charge in [0.25, 0.3) is 0 Å². The number of benzene rings is 1. The largest absolute Gasteiger partial charge is 0.457 e. The van der Waals surface area contributed by atoms with E-state index in [-0.39, 0.29) is 0 Å². The molecule has 0 atom stereocenters. The van der Waals surface area contributed by atoms with E-state index < -0.39 is 11.7 Å². The molecule has 0 N–H and O–H groups in total. The second kappa shape index (κ2) is 5.09. The van der Waals surface area contributed by atoms with Gasteiger partial charge in [-0.3, -0.25) is 0 Å². The summed E-state index contributed by atoms with van der Waals surface area (Å²) < 4.78 is 42.7. The molecular weight excluding hydrogens is 279 g/mol. The average Bonchev–Trinajstić information content (AvgIpc) is 2.35. The number of alkyl halides is 3. The third kappa shape index (κ3) is 3.17. The van der Waals surface area contributed by atoms with E-state index in [4.69, 9.17) is 16.3 Å². The summed E-state index contributed by atoms with van der Waals surface area (Å²) in [5, 5.41) is 0.296. The Morgan fingerprint density at radius 2 is 1.74 bits per heavy atom. The Balaban J connectivity index is 2.23. The van der Waals surface area contributed by atoms with Crippen LogP contribution in [-0.2, 0) is 6.18 Å². The fraction of sp³-hybridized carbons (Fsp3) is 0.154. The first-order valence-corrected chi connectivity index (χ1v) is 5.72. The quantitative estimate of drug-likeness (QED) is 0.736. The number of aromatic nitrogens is 1. The van der Waals surface area contributed by atoms with E-state index in [1.54, 1.807) is 13.0 Å². The number of ether oxygens (including phenoxy) is 1. The van der Waals surface area contributed by atoms with Crippen LogP contribution in [0.5, 0.6) is 11.5 Å². The molecule has 0 bridgehead atoms. The Labute approximate surface area is 112 Å². The second-order valence-electron chi connectivity index (χ2n) is 3.85. The van der Waals surface area contributed by atoms with Crippen LogP contribution in [0.3, 0.4) is 0 Å². The summed E-state index contributed by atoms with van der Waals surface area (Å²) in [5.41, 5.74) is -0.0894. The van der Waals surface area contributed by atoms with Gasteiger partial charge in [0, 0.05) is 11.8 Å². The van der Waals surface area contributed by atoms with Gasteiger partial charge in [0.15, 0.2) is 0 Å². The van der Waals surface area contributed by atoms with Crippen LogP contribution in [0, 0.1) is 6.92 Å². The van der Waals surface area contributed by atoms with Crippen molar-refractivity contribution >= 4 is 11.6 Å². The zero-order valence-corrected chi connectivity index (χ0v) is 10.6. The summed E-state index contributed by atoms with van der Waals surface area (Å²) in [6.07, 6.45) is -2.89. The topological polar surface area (TPSA) is 22.1 Å². The van der Waals surface area contributed by atoms with Gasteiger partial charge in [-0.2, -0.15) is 13.2 Å². The number of rotatable bonds is 2. The summed E-state index contributed by atoms with van der Waals surface area (Å²) in [7, 11) is 0. The van der Waals surface area contributed by atoms with Crippen molar-refractivity contribution in [1.29, 1.82) is 0 Å². The molecule has 0 amide bonds. The highest BCUT2D eigenvalue weighted by atomic mass is 35.5. The number of hydrogen-bond donors (Lipinski definition) is 0. The predicted molar refractivity (Wildman–Crippen MR) is 65.5 cm³/mol. The first-order chi connectivity index (χ1) is 8.88. The monoisotopic (exact) mass is 287 g/mol. The highest BCUT2D eigenvalue weighted by Gasteiger charge is 2.30. The van der Waals surface area contributed by atoms with Gasteiger partial charge >= 0.3 is 6.18 Å². The molecule has 1 aromatic carbocycles. The minimum atomic E-state index is -4.35. The van der Waals surface area contributed by atoms with Gasteiger partial charge in [-0.1, -0.05) is 11.6 Å². The molecule has 1 aromatic heterocycles. The first-order valence-electron chi connectivity index (χ1n) is 5.34. The number of halogens is 4. The fourth-order valence-electron chi connectivity index (χ4n) is 1.44. The van der Waals surface area contributed by atoms with E-state index in [1.165, 1.54) is 18.3 Å². The molecule has 0 spiro atoms. The molecule has 0 fully saturated rings. The Hall–Kier alpha value is -1.75. The third-order valence-corrected chi connectivity index (χ3v) is 2.88. The molecule has 0 aliphatic rings. The lowest BCUT2D eigenvalue weighted by molar-refractivity contribution is -0.137. The van der Waals surface area contributed by atoms with Crippen LogP contribution in [0.15, 0.2) is 36.5 Å². The van der Waals surface area contributed by atoms with E-state index in [1.807, 2.05) is 0 Å². The van der Waals surface area contributed by atoms with Gasteiger partial charge in [-0.15, -0.1) is 0 Å². The molecule has 19 heavy (non-hydrogen) atoms. The van der Waals surface area contributed by atoms with Crippen molar-refractivity contribution in [3.63, 3.8) is 0 Å². The molecule has 0 aliphatic heterocycles. The Bertz CT molecular complexity index is 581. The Kier molecular flexibility index (Phi) is 3.66. The summed E-state index contributed by atoms with van der Waals surface area (Å²) in [5.74, 6) is 0.762.